The molecule has 1 atom stereocenters. The van der Waals surface area contributed by atoms with Crippen LogP contribution in [0.2, 0.25) is 0 Å². The van der Waals surface area contributed by atoms with E-state index in [1.165, 1.54) is 29.5 Å². The minimum absolute atomic E-state index is 0.629. The van der Waals surface area contributed by atoms with Crippen molar-refractivity contribution in [2.24, 2.45) is 0 Å². The van der Waals surface area contributed by atoms with Gasteiger partial charge in [0.25, 0.3) is 0 Å². The monoisotopic (exact) mass is 203 g/mol. The summed E-state index contributed by atoms with van der Waals surface area (Å²) in [6.07, 6.45) is 2.75. The topological polar surface area (TPSA) is 12.0 Å². The van der Waals surface area contributed by atoms with E-state index < -0.39 is 0 Å². The normalized spacial score (nSPS) is 17.8. The maximum Gasteiger partial charge on any atom is 0.00684 e. The first-order valence-electron chi connectivity index (χ1n) is 5.97. The van der Waals surface area contributed by atoms with Gasteiger partial charge in [0.15, 0.2) is 0 Å². The third-order valence-electron chi connectivity index (χ3n) is 3.10. The van der Waals surface area contributed by atoms with Gasteiger partial charge in [-0.1, -0.05) is 36.2 Å². The van der Waals surface area contributed by atoms with Crippen molar-refractivity contribution in [3.8, 4) is 0 Å². The molecule has 82 valence electrons. The van der Waals surface area contributed by atoms with Gasteiger partial charge in [-0.3, -0.25) is 0 Å². The summed E-state index contributed by atoms with van der Waals surface area (Å²) in [5.41, 5.74) is 4.23. The highest BCUT2D eigenvalue weighted by Crippen LogP contribution is 2.22. The van der Waals surface area contributed by atoms with Crippen molar-refractivity contribution in [3.63, 3.8) is 0 Å². The highest BCUT2D eigenvalue weighted by atomic mass is 14.9. The summed E-state index contributed by atoms with van der Waals surface area (Å²) in [5, 5.41) is 3.59. The quantitative estimate of drug-likeness (QED) is 0.792. The second-order valence-corrected chi connectivity index (χ2v) is 5.00. The minimum atomic E-state index is 0.629. The van der Waals surface area contributed by atoms with Crippen molar-refractivity contribution < 1.29 is 0 Å². The number of rotatable bonds is 4. The highest BCUT2D eigenvalue weighted by molar-refractivity contribution is 5.30. The molecule has 15 heavy (non-hydrogen) atoms. The van der Waals surface area contributed by atoms with Crippen LogP contribution in [0.25, 0.3) is 0 Å². The molecular weight excluding hydrogens is 182 g/mol. The van der Waals surface area contributed by atoms with Crippen molar-refractivity contribution in [3.05, 3.63) is 34.9 Å². The molecule has 1 aliphatic carbocycles. The van der Waals surface area contributed by atoms with Crippen LogP contribution in [0.15, 0.2) is 18.2 Å². The maximum absolute atomic E-state index is 3.59. The first-order valence-corrected chi connectivity index (χ1v) is 5.97. The average Bonchev–Trinajstić information content (AvgIpc) is 2.96. The van der Waals surface area contributed by atoms with Crippen molar-refractivity contribution >= 4 is 0 Å². The smallest absolute Gasteiger partial charge is 0.00684 e. The molecule has 0 aromatic heterocycles. The summed E-state index contributed by atoms with van der Waals surface area (Å²) in [4.78, 5) is 0. The summed E-state index contributed by atoms with van der Waals surface area (Å²) >= 11 is 0. The molecular formula is C14H21N. The van der Waals surface area contributed by atoms with Gasteiger partial charge in [-0.25, -0.2) is 0 Å². The van der Waals surface area contributed by atoms with Gasteiger partial charge in [-0.2, -0.15) is 0 Å². The van der Waals surface area contributed by atoms with Crippen LogP contribution in [0.4, 0.5) is 0 Å². The van der Waals surface area contributed by atoms with Crippen LogP contribution in [0.5, 0.6) is 0 Å². The van der Waals surface area contributed by atoms with Crippen LogP contribution in [0.3, 0.4) is 0 Å². The second-order valence-electron chi connectivity index (χ2n) is 5.00. The summed E-state index contributed by atoms with van der Waals surface area (Å²) < 4.78 is 0. The summed E-state index contributed by atoms with van der Waals surface area (Å²) in [6.45, 7) is 7.78. The molecule has 1 aliphatic rings. The predicted molar refractivity (Wildman–Crippen MR) is 65.4 cm³/mol. The number of hydrogen-bond acceptors (Lipinski definition) is 1. The first kappa shape index (κ1) is 10.7. The van der Waals surface area contributed by atoms with Crippen LogP contribution in [0, 0.1) is 13.8 Å². The lowest BCUT2D eigenvalue weighted by Gasteiger charge is -2.14. The molecule has 0 aliphatic heterocycles. The zero-order chi connectivity index (χ0) is 10.8. The van der Waals surface area contributed by atoms with Crippen LogP contribution < -0.4 is 5.32 Å². The maximum atomic E-state index is 3.59. The molecule has 0 saturated heterocycles. The number of nitrogens with one attached hydrogen (secondary N) is 1. The summed E-state index contributed by atoms with van der Waals surface area (Å²) in [6, 6.07) is 7.68. The van der Waals surface area contributed by atoms with Gasteiger partial charge in [0.2, 0.25) is 0 Å². The lowest BCUT2D eigenvalue weighted by Crippen LogP contribution is -2.22. The minimum Gasteiger partial charge on any atom is -0.313 e. The van der Waals surface area contributed by atoms with E-state index >= 15 is 0 Å². The lowest BCUT2D eigenvalue weighted by atomic mass is 9.97. The molecule has 1 unspecified atom stereocenters. The van der Waals surface area contributed by atoms with Gasteiger partial charge in [-0.15, -0.1) is 0 Å². The Morgan fingerprint density at radius 1 is 1.20 bits per heavy atom. The van der Waals surface area contributed by atoms with Crippen molar-refractivity contribution in [2.75, 3.05) is 6.54 Å². The Balaban J connectivity index is 1.99. The summed E-state index contributed by atoms with van der Waals surface area (Å²) in [5.74, 6) is 0.629. The molecule has 1 heteroatoms. The molecule has 1 aromatic rings. The summed E-state index contributed by atoms with van der Waals surface area (Å²) in [7, 11) is 0. The average molecular weight is 203 g/mol. The number of hydrogen-bond donors (Lipinski definition) is 1. The van der Waals surface area contributed by atoms with Gasteiger partial charge in [0.1, 0.15) is 0 Å². The van der Waals surface area contributed by atoms with E-state index in [1.807, 2.05) is 0 Å². The van der Waals surface area contributed by atoms with Crippen molar-refractivity contribution in [1.82, 2.24) is 5.32 Å². The SMILES string of the molecule is Cc1cc(C)cc(C(C)CNC2CC2)c1. The van der Waals surface area contributed by atoms with Gasteiger partial charge >= 0.3 is 0 Å². The zero-order valence-corrected chi connectivity index (χ0v) is 10.0. The molecule has 1 saturated carbocycles. The Bertz CT molecular complexity index is 319. The third-order valence-corrected chi connectivity index (χ3v) is 3.10. The molecule has 0 heterocycles. The van der Waals surface area contributed by atoms with E-state index in [1.54, 1.807) is 0 Å². The molecule has 0 bridgehead atoms. The Kier molecular flexibility index (Phi) is 3.11. The van der Waals surface area contributed by atoms with Crippen LogP contribution >= 0.6 is 0 Å². The predicted octanol–water partition coefficient (Wildman–Crippen LogP) is 3.16. The zero-order valence-electron chi connectivity index (χ0n) is 10.0. The number of aryl methyl sites for hydroxylation is 2. The van der Waals surface area contributed by atoms with Crippen LogP contribution in [-0.4, -0.2) is 12.6 Å². The van der Waals surface area contributed by atoms with Gasteiger partial charge in [0.05, 0.1) is 0 Å². The molecule has 1 nitrogen and oxygen atoms in total. The standard InChI is InChI=1S/C14H21N/c1-10-6-11(2)8-13(7-10)12(3)9-15-14-4-5-14/h6-8,12,14-15H,4-5,9H2,1-3H3. The van der Waals surface area contributed by atoms with E-state index in [-0.39, 0.29) is 0 Å². The Morgan fingerprint density at radius 3 is 2.33 bits per heavy atom. The van der Waals surface area contributed by atoms with E-state index in [9.17, 15) is 0 Å². The van der Waals surface area contributed by atoms with Crippen molar-refractivity contribution in [2.45, 2.75) is 45.6 Å². The fraction of sp³-hybridized carbons (Fsp3) is 0.571. The van der Waals surface area contributed by atoms with Crippen molar-refractivity contribution in [1.29, 1.82) is 0 Å². The Morgan fingerprint density at radius 2 is 1.80 bits per heavy atom. The molecule has 1 aromatic carbocycles. The van der Waals surface area contributed by atoms with E-state index in [0.717, 1.165) is 12.6 Å². The van der Waals surface area contributed by atoms with Gasteiger partial charge in [-0.05, 0) is 38.2 Å². The fourth-order valence-corrected chi connectivity index (χ4v) is 2.04. The fourth-order valence-electron chi connectivity index (χ4n) is 2.04. The van der Waals surface area contributed by atoms with E-state index in [4.69, 9.17) is 0 Å². The first-order chi connectivity index (χ1) is 7.15. The van der Waals surface area contributed by atoms with Crippen LogP contribution in [-0.2, 0) is 0 Å². The van der Waals surface area contributed by atoms with Gasteiger partial charge in [0, 0.05) is 12.6 Å². The molecule has 0 amide bonds. The lowest BCUT2D eigenvalue weighted by molar-refractivity contribution is 0.611. The third kappa shape index (κ3) is 3.07. The Labute approximate surface area is 92.9 Å². The number of benzene rings is 1. The Hall–Kier alpha value is -0.820. The molecule has 0 spiro atoms. The largest absolute Gasteiger partial charge is 0.313 e. The van der Waals surface area contributed by atoms with E-state index in [2.05, 4.69) is 44.3 Å². The van der Waals surface area contributed by atoms with Gasteiger partial charge < -0.3 is 5.32 Å². The highest BCUT2D eigenvalue weighted by Gasteiger charge is 2.21. The molecule has 1 N–H and O–H groups in total. The van der Waals surface area contributed by atoms with E-state index in [0.29, 0.717) is 5.92 Å². The second kappa shape index (κ2) is 4.36. The van der Waals surface area contributed by atoms with Crippen LogP contribution in [0.1, 0.15) is 42.4 Å². The molecule has 0 radical (unpaired) electrons. The molecule has 2 rings (SSSR count). The molecule has 1 fully saturated rings.